The molecule has 0 unspecified atom stereocenters. The van der Waals surface area contributed by atoms with Gasteiger partial charge in [0.1, 0.15) is 5.82 Å². The van der Waals surface area contributed by atoms with Gasteiger partial charge in [-0.1, -0.05) is 174 Å². The first-order valence-corrected chi connectivity index (χ1v) is 23.6. The molecule has 0 radical (unpaired) electrons. The molecule has 11 rings (SSSR count). The molecule has 344 valence electrons. The third kappa shape index (κ3) is 8.34. The minimum Gasteiger partial charge on any atom is -0.509 e. The molecule has 1 aliphatic rings. The van der Waals surface area contributed by atoms with Crippen molar-refractivity contribution in [2.45, 2.75) is 58.3 Å². The van der Waals surface area contributed by atoms with E-state index in [0.29, 0.717) is 17.4 Å². The average molecular weight is 1080 g/mol. The maximum absolute atomic E-state index is 6.97. The normalized spacial score (nSPS) is 12.7. The predicted octanol–water partition coefficient (Wildman–Crippen LogP) is 16.4. The van der Waals surface area contributed by atoms with E-state index in [9.17, 15) is 0 Å². The molecule has 0 fully saturated rings. The quantitative estimate of drug-likeness (QED) is 0.121. The van der Waals surface area contributed by atoms with Crippen molar-refractivity contribution in [1.29, 1.82) is 0 Å². The maximum atomic E-state index is 6.97. The Kier molecular flexibility index (Phi) is 12.1. The molecule has 6 heteroatoms. The molecule has 2 aromatic heterocycles. The van der Waals surface area contributed by atoms with E-state index in [0.717, 1.165) is 61.5 Å². The molecule has 0 N–H and O–H groups in total. The molecule has 0 amide bonds. The molecule has 8 aromatic carbocycles. The Morgan fingerprint density at radius 2 is 1.16 bits per heavy atom. The Labute approximate surface area is 420 Å². The Balaban J connectivity index is 0.00000553. The minimum atomic E-state index is -0.240. The summed E-state index contributed by atoms with van der Waals surface area (Å²) in [4.78, 5) is 9.51. The summed E-state index contributed by atoms with van der Waals surface area (Å²) >= 11 is 0. The molecule has 0 bridgehead atoms. The smallest absolute Gasteiger partial charge is 0.135 e. The molecular formula is C63H53N4OPt-3. The Bertz CT molecular complexity index is 3470. The van der Waals surface area contributed by atoms with Crippen LogP contribution >= 0.6 is 0 Å². The third-order valence-corrected chi connectivity index (χ3v) is 13.9. The Morgan fingerprint density at radius 1 is 0.536 bits per heavy atom. The summed E-state index contributed by atoms with van der Waals surface area (Å²) in [6.07, 6.45) is 1.92. The van der Waals surface area contributed by atoms with Gasteiger partial charge in [0.25, 0.3) is 0 Å². The van der Waals surface area contributed by atoms with Gasteiger partial charge in [0.05, 0.1) is 0 Å². The molecule has 0 atom stereocenters. The third-order valence-electron chi connectivity index (χ3n) is 13.9. The average Bonchev–Trinajstić information content (AvgIpc) is 3.93. The monoisotopic (exact) mass is 1080 g/mol. The molecule has 0 aliphatic carbocycles. The predicted molar refractivity (Wildman–Crippen MR) is 281 cm³/mol. The number of anilines is 4. The van der Waals surface area contributed by atoms with Crippen molar-refractivity contribution < 1.29 is 25.8 Å². The number of aromatic nitrogens is 2. The van der Waals surface area contributed by atoms with Gasteiger partial charge >= 0.3 is 0 Å². The number of para-hydroxylation sites is 3. The van der Waals surface area contributed by atoms with Crippen LogP contribution in [0.25, 0.3) is 38.8 Å². The fraction of sp³-hybridized carbons (Fsp3) is 0.143. The fourth-order valence-electron chi connectivity index (χ4n) is 9.95. The van der Waals surface area contributed by atoms with Crippen molar-refractivity contribution in [2.24, 2.45) is 0 Å². The largest absolute Gasteiger partial charge is 0.509 e. The van der Waals surface area contributed by atoms with E-state index < -0.39 is 0 Å². The van der Waals surface area contributed by atoms with E-state index >= 15 is 0 Å². The summed E-state index contributed by atoms with van der Waals surface area (Å²) in [5, 5.41) is 2.20. The van der Waals surface area contributed by atoms with E-state index in [1.165, 1.54) is 27.8 Å². The number of hydrogen-bond acceptors (Lipinski definition) is 4. The standard InChI is InChI=1S/C63H53N4O.Pt/c1-43(2)53-26-13-14-27-54(53)44-36-50(66-42-65(58-30-17-18-31-59(58)66)49-25-19-24-47(38-49)62(3,4)45-20-9-7-10-21-45)40-52(37-44)68-51-32-33-56-55-28-15-16-29-57(55)67(60(56)41-51)61-39-48(34-35-64-61)63(5,6)46-22-11-8-12-23-46;/h7-39,42-43H,1-6H3;/q-3;. The Hall–Kier alpha value is -7.20. The minimum absolute atomic E-state index is 0. The summed E-state index contributed by atoms with van der Waals surface area (Å²) in [6, 6.07) is 76.4. The van der Waals surface area contributed by atoms with E-state index in [1.807, 2.05) is 12.3 Å². The van der Waals surface area contributed by atoms with Crippen LogP contribution in [0, 0.1) is 18.8 Å². The number of nitrogens with zero attached hydrogens (tertiary/aromatic N) is 4. The zero-order valence-corrected chi connectivity index (χ0v) is 42.0. The van der Waals surface area contributed by atoms with Crippen LogP contribution in [-0.4, -0.2) is 9.55 Å². The van der Waals surface area contributed by atoms with Crippen molar-refractivity contribution in [2.75, 3.05) is 9.80 Å². The van der Waals surface area contributed by atoms with Gasteiger partial charge in [-0.3, -0.25) is 0 Å². The first-order chi connectivity index (χ1) is 33.0. The first-order valence-electron chi connectivity index (χ1n) is 23.6. The summed E-state index contributed by atoms with van der Waals surface area (Å²) < 4.78 is 9.18. The molecule has 0 spiro atoms. The van der Waals surface area contributed by atoms with Gasteiger partial charge in [-0.05, 0) is 87.1 Å². The van der Waals surface area contributed by atoms with Crippen molar-refractivity contribution in [3.8, 4) is 28.4 Å². The molecule has 69 heavy (non-hydrogen) atoms. The molecule has 10 aromatic rings. The number of rotatable bonds is 11. The van der Waals surface area contributed by atoms with E-state index in [4.69, 9.17) is 9.72 Å². The molecule has 1 aliphatic heterocycles. The van der Waals surface area contributed by atoms with Crippen molar-refractivity contribution in [3.05, 3.63) is 247 Å². The van der Waals surface area contributed by atoms with Crippen LogP contribution in [0.1, 0.15) is 75.3 Å². The van der Waals surface area contributed by atoms with Gasteiger partial charge in [-0.25, -0.2) is 4.98 Å². The van der Waals surface area contributed by atoms with Crippen LogP contribution in [0.5, 0.6) is 11.5 Å². The van der Waals surface area contributed by atoms with Crippen LogP contribution < -0.4 is 14.5 Å². The van der Waals surface area contributed by atoms with Crippen LogP contribution in [0.15, 0.2) is 200 Å². The second-order valence-corrected chi connectivity index (χ2v) is 19.2. The van der Waals surface area contributed by atoms with Gasteiger partial charge < -0.3 is 19.1 Å². The topological polar surface area (TPSA) is 33.5 Å². The van der Waals surface area contributed by atoms with Gasteiger partial charge in [-0.15, -0.1) is 53.6 Å². The van der Waals surface area contributed by atoms with E-state index in [1.54, 1.807) is 0 Å². The van der Waals surface area contributed by atoms with Gasteiger partial charge in [-0.2, -0.15) is 6.07 Å². The number of benzene rings is 8. The zero-order valence-electron chi connectivity index (χ0n) is 39.7. The number of fused-ring (bicyclic) bond motifs is 4. The van der Waals surface area contributed by atoms with Crippen LogP contribution in [0.2, 0.25) is 0 Å². The van der Waals surface area contributed by atoms with Gasteiger partial charge in [0.2, 0.25) is 0 Å². The first kappa shape index (κ1) is 45.6. The van der Waals surface area contributed by atoms with Crippen molar-refractivity contribution >= 4 is 44.6 Å². The summed E-state index contributed by atoms with van der Waals surface area (Å²) in [7, 11) is 0. The second kappa shape index (κ2) is 18.4. The molecule has 3 heterocycles. The van der Waals surface area contributed by atoms with E-state index in [-0.39, 0.29) is 31.9 Å². The Morgan fingerprint density at radius 3 is 1.88 bits per heavy atom. The number of ether oxygens (including phenoxy) is 1. The van der Waals surface area contributed by atoms with Crippen molar-refractivity contribution in [3.63, 3.8) is 0 Å². The summed E-state index contributed by atoms with van der Waals surface area (Å²) in [6.45, 7) is 15.8. The fourth-order valence-corrected chi connectivity index (χ4v) is 9.95. The zero-order chi connectivity index (χ0) is 46.6. The van der Waals surface area contributed by atoms with Gasteiger partial charge in [0, 0.05) is 72.2 Å². The maximum Gasteiger partial charge on any atom is 0.135 e. The molecular weight excluding hydrogens is 1020 g/mol. The number of hydrogen-bond donors (Lipinski definition) is 0. The van der Waals surface area contributed by atoms with Crippen LogP contribution in [0.4, 0.5) is 22.7 Å². The second-order valence-electron chi connectivity index (χ2n) is 19.2. The van der Waals surface area contributed by atoms with E-state index in [2.05, 4.69) is 263 Å². The summed E-state index contributed by atoms with van der Waals surface area (Å²) in [5.41, 5.74) is 14.0. The SMILES string of the molecule is CC(C)c1ccccc1-c1cc(Oc2[c-]c3c(cc2)c2ccccc2n3-c2cc(C(C)(C)c3ccccc3)ccn2)[c-]c(N2[CH-]N(c3cccc(C(C)(C)c4ccccc4)c3)c3ccccc32)c1.[Pt]. The van der Waals surface area contributed by atoms with Gasteiger partial charge in [0.15, 0.2) is 0 Å². The molecule has 5 nitrogen and oxygen atoms in total. The van der Waals surface area contributed by atoms with Crippen LogP contribution in [0.3, 0.4) is 0 Å². The van der Waals surface area contributed by atoms with Crippen LogP contribution in [-0.2, 0) is 31.9 Å². The summed E-state index contributed by atoms with van der Waals surface area (Å²) in [5.74, 6) is 2.32. The van der Waals surface area contributed by atoms with Crippen molar-refractivity contribution in [1.82, 2.24) is 9.55 Å². The molecule has 0 saturated heterocycles. The molecule has 0 saturated carbocycles. The number of pyridine rings is 1.